The average Bonchev–Trinajstić information content (AvgIpc) is 3.36. The molecule has 0 bridgehead atoms. The van der Waals surface area contributed by atoms with Crippen molar-refractivity contribution in [3.05, 3.63) is 82.6 Å². The Morgan fingerprint density at radius 1 is 1.09 bits per heavy atom. The summed E-state index contributed by atoms with van der Waals surface area (Å²) in [5.74, 6) is -1.27. The van der Waals surface area contributed by atoms with Gasteiger partial charge in [0.1, 0.15) is 0 Å². The van der Waals surface area contributed by atoms with Crippen LogP contribution in [-0.4, -0.2) is 22.0 Å². The summed E-state index contributed by atoms with van der Waals surface area (Å²) in [7, 11) is 0. The monoisotopic (exact) mass is 490 g/mol. The third-order valence-electron chi connectivity index (χ3n) is 7.11. The zero-order valence-electron chi connectivity index (χ0n) is 20.1. The van der Waals surface area contributed by atoms with E-state index in [1.807, 2.05) is 55.5 Å². The highest BCUT2D eigenvalue weighted by Gasteiger charge is 2.32. The van der Waals surface area contributed by atoms with E-state index in [4.69, 9.17) is 11.6 Å². The first-order valence-corrected chi connectivity index (χ1v) is 12.5. The number of carboxylic acids is 1. The number of carboxylic acid groups (broad SMARTS) is 1. The number of anilines is 1. The van der Waals surface area contributed by atoms with E-state index in [0.717, 1.165) is 59.2 Å². The predicted octanol–water partition coefficient (Wildman–Crippen LogP) is 6.89. The van der Waals surface area contributed by atoms with Gasteiger partial charge in [-0.05, 0) is 66.5 Å². The number of nitrogens with zero attached hydrogens (tertiary/aromatic N) is 1. The molecule has 6 heteroatoms. The zero-order valence-corrected chi connectivity index (χ0v) is 20.9. The van der Waals surface area contributed by atoms with E-state index in [1.165, 1.54) is 0 Å². The Bertz CT molecular complexity index is 1200. The quantitative estimate of drug-likeness (QED) is 0.360. The molecule has 2 atom stereocenters. The highest BCUT2D eigenvalue weighted by molar-refractivity contribution is 6.30. The standard InChI is InChI=1S/C29H31ClN2O3/c1-18(29(34)35)14-23-8-5-9-26(19(23)2)32-28(33)27(21-6-3-4-7-21)22-12-10-20(11-13-22)24-15-25(30)17-31-16-24/h5,8-13,15-18,21,27H,3-4,6-7,14H2,1-2H3,(H,32,33)(H,34,35)/t18-,27-/m0/s1. The van der Waals surface area contributed by atoms with Crippen molar-refractivity contribution in [3.63, 3.8) is 0 Å². The molecule has 5 nitrogen and oxygen atoms in total. The minimum atomic E-state index is -0.822. The van der Waals surface area contributed by atoms with Crippen LogP contribution in [0.3, 0.4) is 0 Å². The molecule has 1 aliphatic carbocycles. The molecule has 0 spiro atoms. The van der Waals surface area contributed by atoms with Crippen molar-refractivity contribution < 1.29 is 14.7 Å². The average molecular weight is 491 g/mol. The van der Waals surface area contributed by atoms with Gasteiger partial charge in [-0.15, -0.1) is 0 Å². The van der Waals surface area contributed by atoms with Gasteiger partial charge in [-0.2, -0.15) is 0 Å². The first-order chi connectivity index (χ1) is 16.8. The number of rotatable bonds is 8. The van der Waals surface area contributed by atoms with E-state index in [-0.39, 0.29) is 11.8 Å². The molecule has 1 fully saturated rings. The van der Waals surface area contributed by atoms with Gasteiger partial charge in [0.05, 0.1) is 16.9 Å². The fourth-order valence-corrected chi connectivity index (χ4v) is 5.22. The third kappa shape index (κ3) is 5.91. The molecule has 1 amide bonds. The number of carbonyl (C=O) groups is 2. The summed E-state index contributed by atoms with van der Waals surface area (Å²) < 4.78 is 0. The lowest BCUT2D eigenvalue weighted by atomic mass is 9.83. The minimum absolute atomic E-state index is 0.0133. The maximum absolute atomic E-state index is 13.7. The van der Waals surface area contributed by atoms with Crippen LogP contribution in [0.25, 0.3) is 11.1 Å². The van der Waals surface area contributed by atoms with Gasteiger partial charge in [0.25, 0.3) is 0 Å². The van der Waals surface area contributed by atoms with E-state index < -0.39 is 11.9 Å². The molecule has 3 aromatic rings. The van der Waals surface area contributed by atoms with E-state index in [0.29, 0.717) is 17.4 Å². The van der Waals surface area contributed by atoms with Crippen molar-refractivity contribution in [2.45, 2.75) is 51.9 Å². The van der Waals surface area contributed by atoms with Crippen molar-refractivity contribution in [1.82, 2.24) is 4.98 Å². The van der Waals surface area contributed by atoms with Crippen molar-refractivity contribution in [3.8, 4) is 11.1 Å². The normalized spacial score (nSPS) is 15.5. The maximum Gasteiger partial charge on any atom is 0.306 e. The Kier molecular flexibility index (Phi) is 7.86. The molecule has 1 aromatic heterocycles. The number of hydrogen-bond donors (Lipinski definition) is 2. The molecule has 0 radical (unpaired) electrons. The van der Waals surface area contributed by atoms with Gasteiger partial charge >= 0.3 is 5.97 Å². The second kappa shape index (κ2) is 11.0. The molecule has 35 heavy (non-hydrogen) atoms. The Morgan fingerprint density at radius 3 is 2.46 bits per heavy atom. The fourth-order valence-electron chi connectivity index (χ4n) is 5.05. The van der Waals surface area contributed by atoms with Crippen LogP contribution in [-0.2, 0) is 16.0 Å². The summed E-state index contributed by atoms with van der Waals surface area (Å²) >= 11 is 6.10. The predicted molar refractivity (Wildman–Crippen MR) is 140 cm³/mol. The number of pyridine rings is 1. The SMILES string of the molecule is Cc1c(C[C@H](C)C(=O)O)cccc1NC(=O)[C@H](c1ccc(-c2cncc(Cl)c2)cc1)C1CCCC1. The Labute approximate surface area is 211 Å². The van der Waals surface area contributed by atoms with Crippen LogP contribution < -0.4 is 5.32 Å². The zero-order chi connectivity index (χ0) is 24.9. The van der Waals surface area contributed by atoms with Crippen molar-refractivity contribution >= 4 is 29.2 Å². The van der Waals surface area contributed by atoms with Crippen LogP contribution >= 0.6 is 11.6 Å². The number of halogens is 1. The summed E-state index contributed by atoms with van der Waals surface area (Å²) in [5, 5.41) is 13.1. The van der Waals surface area contributed by atoms with Gasteiger partial charge in [-0.3, -0.25) is 14.6 Å². The molecule has 1 aliphatic rings. The number of aromatic nitrogens is 1. The lowest BCUT2D eigenvalue weighted by molar-refractivity contribution is -0.141. The molecule has 2 aromatic carbocycles. The van der Waals surface area contributed by atoms with Gasteiger partial charge in [0.15, 0.2) is 0 Å². The number of aliphatic carboxylic acids is 1. The smallest absolute Gasteiger partial charge is 0.306 e. The van der Waals surface area contributed by atoms with Crippen molar-refractivity contribution in [1.29, 1.82) is 0 Å². The molecule has 4 rings (SSSR count). The topological polar surface area (TPSA) is 79.3 Å². The lowest BCUT2D eigenvalue weighted by Gasteiger charge is -2.24. The Morgan fingerprint density at radius 2 is 1.80 bits per heavy atom. The summed E-state index contributed by atoms with van der Waals surface area (Å²) in [6, 6.07) is 15.7. The maximum atomic E-state index is 13.7. The first kappa shape index (κ1) is 24.9. The molecule has 0 unspecified atom stereocenters. The highest BCUT2D eigenvalue weighted by atomic mass is 35.5. The van der Waals surface area contributed by atoms with E-state index in [9.17, 15) is 14.7 Å². The number of nitrogens with one attached hydrogen (secondary N) is 1. The molecule has 1 heterocycles. The lowest BCUT2D eigenvalue weighted by Crippen LogP contribution is -2.27. The summed E-state index contributed by atoms with van der Waals surface area (Å²) in [6.45, 7) is 3.64. The van der Waals surface area contributed by atoms with Gasteiger partial charge in [0.2, 0.25) is 5.91 Å². The second-order valence-electron chi connectivity index (χ2n) is 9.56. The third-order valence-corrected chi connectivity index (χ3v) is 7.32. The Hall–Kier alpha value is -3.18. The minimum Gasteiger partial charge on any atom is -0.481 e. The van der Waals surface area contributed by atoms with Crippen LogP contribution in [0.2, 0.25) is 5.02 Å². The number of amides is 1. The Balaban J connectivity index is 1.58. The summed E-state index contributed by atoms with van der Waals surface area (Å²) in [6.07, 6.45) is 8.17. The van der Waals surface area contributed by atoms with Crippen LogP contribution in [0.5, 0.6) is 0 Å². The van der Waals surface area contributed by atoms with Crippen molar-refractivity contribution in [2.75, 3.05) is 5.32 Å². The van der Waals surface area contributed by atoms with Crippen LogP contribution in [0.4, 0.5) is 5.69 Å². The van der Waals surface area contributed by atoms with Gasteiger partial charge in [-0.1, -0.05) is 67.8 Å². The summed E-state index contributed by atoms with van der Waals surface area (Å²) in [5.41, 5.74) is 5.55. The van der Waals surface area contributed by atoms with Crippen LogP contribution in [0.1, 0.15) is 55.2 Å². The van der Waals surface area contributed by atoms with E-state index in [2.05, 4.69) is 10.3 Å². The second-order valence-corrected chi connectivity index (χ2v) is 9.99. The fraction of sp³-hybridized carbons (Fsp3) is 0.345. The van der Waals surface area contributed by atoms with E-state index in [1.54, 1.807) is 19.3 Å². The molecule has 1 saturated carbocycles. The molecular weight excluding hydrogens is 460 g/mol. The first-order valence-electron chi connectivity index (χ1n) is 12.2. The van der Waals surface area contributed by atoms with Crippen LogP contribution in [0, 0.1) is 18.8 Å². The molecule has 2 N–H and O–H groups in total. The summed E-state index contributed by atoms with van der Waals surface area (Å²) in [4.78, 5) is 29.2. The highest BCUT2D eigenvalue weighted by Crippen LogP contribution is 2.39. The number of hydrogen-bond acceptors (Lipinski definition) is 3. The largest absolute Gasteiger partial charge is 0.481 e. The van der Waals surface area contributed by atoms with Gasteiger partial charge in [0, 0.05) is 23.6 Å². The van der Waals surface area contributed by atoms with Gasteiger partial charge in [-0.25, -0.2) is 0 Å². The van der Waals surface area contributed by atoms with Gasteiger partial charge < -0.3 is 10.4 Å². The number of carbonyl (C=O) groups excluding carboxylic acids is 1. The molecule has 0 saturated heterocycles. The molecule has 0 aliphatic heterocycles. The van der Waals surface area contributed by atoms with Crippen LogP contribution in [0.15, 0.2) is 60.9 Å². The molecular formula is C29H31ClN2O3. The number of benzene rings is 2. The van der Waals surface area contributed by atoms with E-state index >= 15 is 0 Å². The molecule has 182 valence electrons. The van der Waals surface area contributed by atoms with Crippen molar-refractivity contribution in [2.24, 2.45) is 11.8 Å².